The first-order valence-electron chi connectivity index (χ1n) is 4.83. The summed E-state index contributed by atoms with van der Waals surface area (Å²) in [4.78, 5) is 24.5. The zero-order chi connectivity index (χ0) is 14.3. The third-order valence-corrected chi connectivity index (χ3v) is 2.06. The molecule has 2 heterocycles. The van der Waals surface area contributed by atoms with Gasteiger partial charge in [-0.15, -0.1) is 0 Å². The number of carboxylic acid groups (broad SMARTS) is 1. The Morgan fingerprint density at radius 2 is 1.68 bits per heavy atom. The van der Waals surface area contributed by atoms with Crippen LogP contribution in [0.5, 0.6) is 0 Å². The van der Waals surface area contributed by atoms with Crippen molar-refractivity contribution in [2.75, 3.05) is 0 Å². The molecule has 0 radical (unpaired) electrons. The summed E-state index contributed by atoms with van der Waals surface area (Å²) >= 11 is 10.7. The lowest BCUT2D eigenvalue weighted by atomic mass is 10.4. The van der Waals surface area contributed by atoms with Gasteiger partial charge in [-0.2, -0.15) is 0 Å². The molecule has 2 rings (SSSR count). The maximum atomic E-state index is 10.2. The molecule has 2 aromatic heterocycles. The number of halogens is 2. The number of carboxylic acids is 1. The SMILES string of the molecule is O=C(O)c1ccnc(Cl)n1.OCc1ccnc(Cl)n1. The van der Waals surface area contributed by atoms with E-state index in [9.17, 15) is 4.79 Å². The normalized spacial score (nSPS) is 9.42. The Kier molecular flexibility index (Phi) is 6.07. The molecular weight excluding hydrogens is 295 g/mol. The predicted molar refractivity (Wildman–Crippen MR) is 67.0 cm³/mol. The van der Waals surface area contributed by atoms with Gasteiger partial charge in [0.1, 0.15) is 0 Å². The van der Waals surface area contributed by atoms with Crippen molar-refractivity contribution in [1.29, 1.82) is 0 Å². The number of aliphatic hydroxyl groups is 1. The van der Waals surface area contributed by atoms with Gasteiger partial charge in [-0.25, -0.2) is 24.7 Å². The Morgan fingerprint density at radius 1 is 1.11 bits per heavy atom. The van der Waals surface area contributed by atoms with Crippen LogP contribution in [-0.2, 0) is 6.61 Å². The van der Waals surface area contributed by atoms with Crippen molar-refractivity contribution in [2.24, 2.45) is 0 Å². The van der Waals surface area contributed by atoms with Crippen LogP contribution in [0.3, 0.4) is 0 Å². The Morgan fingerprint density at radius 3 is 2.05 bits per heavy atom. The van der Waals surface area contributed by atoms with E-state index in [2.05, 4.69) is 19.9 Å². The highest BCUT2D eigenvalue weighted by atomic mass is 35.5. The van der Waals surface area contributed by atoms with E-state index >= 15 is 0 Å². The van der Waals surface area contributed by atoms with Crippen LogP contribution in [-0.4, -0.2) is 36.1 Å². The number of rotatable bonds is 2. The number of hydrogen-bond acceptors (Lipinski definition) is 6. The lowest BCUT2D eigenvalue weighted by Crippen LogP contribution is -2.00. The first-order chi connectivity index (χ1) is 9.02. The maximum Gasteiger partial charge on any atom is 0.354 e. The fourth-order valence-corrected chi connectivity index (χ4v) is 1.22. The monoisotopic (exact) mass is 302 g/mol. The predicted octanol–water partition coefficient (Wildman–Crippen LogP) is 1.45. The van der Waals surface area contributed by atoms with E-state index < -0.39 is 5.97 Å². The van der Waals surface area contributed by atoms with Crippen molar-refractivity contribution < 1.29 is 15.0 Å². The van der Waals surface area contributed by atoms with E-state index in [-0.39, 0.29) is 22.9 Å². The summed E-state index contributed by atoms with van der Waals surface area (Å²) in [5.74, 6) is -1.11. The lowest BCUT2D eigenvalue weighted by Gasteiger charge is -1.91. The van der Waals surface area contributed by atoms with Crippen LogP contribution in [0.2, 0.25) is 10.6 Å². The molecule has 0 bridgehead atoms. The number of hydrogen-bond donors (Lipinski definition) is 2. The summed E-state index contributed by atoms with van der Waals surface area (Å²) in [6.45, 7) is -0.0950. The third-order valence-electron chi connectivity index (χ3n) is 1.69. The van der Waals surface area contributed by atoms with E-state index in [0.29, 0.717) is 5.69 Å². The highest BCUT2D eigenvalue weighted by Crippen LogP contribution is 2.00. The van der Waals surface area contributed by atoms with E-state index in [0.717, 1.165) is 0 Å². The molecule has 0 saturated carbocycles. The Labute approximate surface area is 117 Å². The quantitative estimate of drug-likeness (QED) is 0.808. The van der Waals surface area contributed by atoms with Gasteiger partial charge in [0.15, 0.2) is 5.69 Å². The summed E-state index contributed by atoms with van der Waals surface area (Å²) in [7, 11) is 0. The molecule has 0 amide bonds. The number of aromatic carboxylic acids is 1. The Bertz CT molecular complexity index is 568. The van der Waals surface area contributed by atoms with Crippen LogP contribution in [0.25, 0.3) is 0 Å². The summed E-state index contributed by atoms with van der Waals surface area (Å²) in [5.41, 5.74) is 0.440. The highest BCUT2D eigenvalue weighted by molar-refractivity contribution is 6.28. The Balaban J connectivity index is 0.000000191. The van der Waals surface area contributed by atoms with Gasteiger partial charge in [-0.1, -0.05) is 0 Å². The van der Waals surface area contributed by atoms with Gasteiger partial charge in [-0.05, 0) is 35.3 Å². The molecule has 0 spiro atoms. The average molecular weight is 303 g/mol. The molecule has 0 fully saturated rings. The lowest BCUT2D eigenvalue weighted by molar-refractivity contribution is 0.0690. The topological polar surface area (TPSA) is 109 Å². The number of carbonyl (C=O) groups is 1. The standard InChI is InChI=1S/C5H3ClN2O2.C5H5ClN2O/c6-5-7-2-1-3(8-5)4(9)10;6-5-7-2-1-4(3-9)8-5/h1-2H,(H,9,10);1-2,9H,3H2. The van der Waals surface area contributed by atoms with Crippen LogP contribution >= 0.6 is 23.2 Å². The van der Waals surface area contributed by atoms with Crippen molar-refractivity contribution in [2.45, 2.75) is 6.61 Å². The minimum Gasteiger partial charge on any atom is -0.477 e. The smallest absolute Gasteiger partial charge is 0.354 e. The number of nitrogens with zero attached hydrogens (tertiary/aromatic N) is 4. The van der Waals surface area contributed by atoms with Crippen molar-refractivity contribution in [3.63, 3.8) is 0 Å². The van der Waals surface area contributed by atoms with Gasteiger partial charge >= 0.3 is 5.97 Å². The number of aliphatic hydroxyl groups excluding tert-OH is 1. The van der Waals surface area contributed by atoms with Crippen molar-refractivity contribution >= 4 is 29.2 Å². The van der Waals surface area contributed by atoms with Crippen LogP contribution in [0.4, 0.5) is 0 Å². The first-order valence-corrected chi connectivity index (χ1v) is 5.58. The molecule has 0 aromatic carbocycles. The van der Waals surface area contributed by atoms with E-state index in [1.165, 1.54) is 18.5 Å². The van der Waals surface area contributed by atoms with Gasteiger partial charge in [0.25, 0.3) is 0 Å². The van der Waals surface area contributed by atoms with Crippen molar-refractivity contribution in [3.05, 3.63) is 46.5 Å². The van der Waals surface area contributed by atoms with E-state index in [4.69, 9.17) is 33.4 Å². The van der Waals surface area contributed by atoms with Crippen LogP contribution < -0.4 is 0 Å². The van der Waals surface area contributed by atoms with Crippen LogP contribution in [0.15, 0.2) is 24.5 Å². The molecule has 100 valence electrons. The fraction of sp³-hybridized carbons (Fsp3) is 0.100. The molecule has 9 heteroatoms. The largest absolute Gasteiger partial charge is 0.477 e. The minimum atomic E-state index is -1.11. The average Bonchev–Trinajstić information content (AvgIpc) is 2.39. The molecule has 0 aliphatic rings. The van der Waals surface area contributed by atoms with Crippen molar-refractivity contribution in [3.8, 4) is 0 Å². The molecule has 7 nitrogen and oxygen atoms in total. The van der Waals surface area contributed by atoms with Gasteiger partial charge in [0, 0.05) is 12.4 Å². The summed E-state index contributed by atoms with van der Waals surface area (Å²) in [6, 6.07) is 2.88. The second-order valence-electron chi connectivity index (χ2n) is 2.99. The molecule has 0 saturated heterocycles. The highest BCUT2D eigenvalue weighted by Gasteiger charge is 2.03. The first kappa shape index (κ1) is 15.2. The van der Waals surface area contributed by atoms with Gasteiger partial charge in [-0.3, -0.25) is 0 Å². The zero-order valence-corrected chi connectivity index (χ0v) is 10.9. The summed E-state index contributed by atoms with van der Waals surface area (Å²) < 4.78 is 0. The van der Waals surface area contributed by atoms with Gasteiger partial charge in [0.05, 0.1) is 12.3 Å². The van der Waals surface area contributed by atoms with Crippen LogP contribution in [0.1, 0.15) is 16.2 Å². The molecule has 19 heavy (non-hydrogen) atoms. The molecule has 0 aliphatic heterocycles. The zero-order valence-electron chi connectivity index (χ0n) is 9.36. The Hall–Kier alpha value is -1.83. The molecule has 2 N–H and O–H groups in total. The minimum absolute atomic E-state index is 0.0556. The fourth-order valence-electron chi connectivity index (χ4n) is 0.912. The maximum absolute atomic E-state index is 10.2. The molecular formula is C10H8Cl2N4O3. The van der Waals surface area contributed by atoms with Crippen molar-refractivity contribution in [1.82, 2.24) is 19.9 Å². The second kappa shape index (κ2) is 7.57. The van der Waals surface area contributed by atoms with E-state index in [1.54, 1.807) is 6.07 Å². The molecule has 0 unspecified atom stereocenters. The van der Waals surface area contributed by atoms with E-state index in [1.807, 2.05) is 0 Å². The summed E-state index contributed by atoms with van der Waals surface area (Å²) in [5, 5.41) is 17.0. The van der Waals surface area contributed by atoms with Gasteiger partial charge in [0.2, 0.25) is 10.6 Å². The second-order valence-corrected chi connectivity index (χ2v) is 3.67. The molecule has 0 aliphatic carbocycles. The third kappa shape index (κ3) is 5.56. The molecule has 2 aromatic rings. The molecule has 0 atom stereocenters. The van der Waals surface area contributed by atoms with Gasteiger partial charge < -0.3 is 10.2 Å². The number of aromatic nitrogens is 4. The van der Waals surface area contributed by atoms with Crippen LogP contribution in [0, 0.1) is 0 Å². The summed E-state index contributed by atoms with van der Waals surface area (Å²) in [6.07, 6.45) is 2.79.